The first kappa shape index (κ1) is 21.2. The van der Waals surface area contributed by atoms with Crippen LogP contribution in [-0.2, 0) is 14.3 Å². The van der Waals surface area contributed by atoms with Gasteiger partial charge in [0, 0.05) is 0 Å². The summed E-state index contributed by atoms with van der Waals surface area (Å²) in [7, 11) is 1.43. The third-order valence-electron chi connectivity index (χ3n) is 4.82. The molecule has 27 heavy (non-hydrogen) atoms. The second kappa shape index (κ2) is 9.22. The van der Waals surface area contributed by atoms with Gasteiger partial charge in [0.05, 0.1) is 13.2 Å². The van der Waals surface area contributed by atoms with Crippen molar-refractivity contribution in [2.24, 2.45) is 0 Å². The number of esters is 1. The quantitative estimate of drug-likeness (QED) is 0.709. The van der Waals surface area contributed by atoms with E-state index in [1.54, 1.807) is 0 Å². The summed E-state index contributed by atoms with van der Waals surface area (Å²) in [4.78, 5) is 24.5. The summed E-state index contributed by atoms with van der Waals surface area (Å²) in [6.07, 6.45) is 3.80. The predicted molar refractivity (Wildman–Crippen MR) is 104 cm³/mol. The number of carbonyl (C=O) groups excluding carboxylic acids is 2. The molecule has 2 rings (SSSR count). The van der Waals surface area contributed by atoms with Gasteiger partial charge in [0.2, 0.25) is 0 Å². The van der Waals surface area contributed by atoms with Gasteiger partial charge in [0.1, 0.15) is 11.1 Å². The molecule has 0 heterocycles. The summed E-state index contributed by atoms with van der Waals surface area (Å²) in [6.45, 7) is 6.11. The lowest BCUT2D eigenvalue weighted by molar-refractivity contribution is -0.148. The number of hydrogen-bond donors (Lipinski definition) is 2. The fourth-order valence-corrected chi connectivity index (χ4v) is 3.54. The number of nitrogens with one attached hydrogen (secondary N) is 2. The number of rotatable bonds is 7. The molecule has 0 saturated heterocycles. The lowest BCUT2D eigenvalue weighted by Gasteiger charge is -2.29. The molecule has 1 fully saturated rings. The van der Waals surface area contributed by atoms with Gasteiger partial charge in [-0.3, -0.25) is 4.79 Å². The Kier molecular flexibility index (Phi) is 7.25. The number of amides is 1. The van der Waals surface area contributed by atoms with Crippen molar-refractivity contribution in [3.63, 3.8) is 0 Å². The molecule has 0 bridgehead atoms. The first-order chi connectivity index (χ1) is 12.8. The van der Waals surface area contributed by atoms with E-state index in [2.05, 4.69) is 10.6 Å². The molecule has 1 aromatic carbocycles. The van der Waals surface area contributed by atoms with E-state index in [9.17, 15) is 9.59 Å². The number of methoxy groups -OCH3 is 1. The normalized spacial score (nSPS) is 17.2. The minimum absolute atomic E-state index is 0.198. The average molecular weight is 376 g/mol. The van der Waals surface area contributed by atoms with E-state index in [-0.39, 0.29) is 12.0 Å². The van der Waals surface area contributed by atoms with E-state index >= 15 is 0 Å². The number of alkyl carbamates (subject to hydrolysis) is 1. The van der Waals surface area contributed by atoms with E-state index in [1.165, 1.54) is 7.11 Å². The highest BCUT2D eigenvalue weighted by Gasteiger charge is 2.41. The van der Waals surface area contributed by atoms with E-state index in [1.807, 2.05) is 51.1 Å². The molecular formula is C21H32N2O4. The summed E-state index contributed by atoms with van der Waals surface area (Å²) in [5.74, 6) is -0.198. The molecule has 1 atom stereocenters. The van der Waals surface area contributed by atoms with Gasteiger partial charge in [-0.25, -0.2) is 4.79 Å². The first-order valence-corrected chi connectivity index (χ1v) is 9.64. The van der Waals surface area contributed by atoms with Crippen molar-refractivity contribution < 1.29 is 19.1 Å². The average Bonchev–Trinajstić information content (AvgIpc) is 3.09. The van der Waals surface area contributed by atoms with E-state index in [0.29, 0.717) is 13.0 Å². The third-order valence-corrected chi connectivity index (χ3v) is 4.82. The van der Waals surface area contributed by atoms with Crippen LogP contribution in [0.25, 0.3) is 0 Å². The van der Waals surface area contributed by atoms with Crippen LogP contribution in [0, 0.1) is 0 Å². The van der Waals surface area contributed by atoms with Crippen LogP contribution < -0.4 is 10.6 Å². The van der Waals surface area contributed by atoms with Crippen molar-refractivity contribution in [2.45, 2.75) is 70.1 Å². The Morgan fingerprint density at radius 2 is 1.78 bits per heavy atom. The Labute approximate surface area is 162 Å². The minimum Gasteiger partial charge on any atom is -0.468 e. The third kappa shape index (κ3) is 6.24. The van der Waals surface area contributed by atoms with Gasteiger partial charge in [-0.1, -0.05) is 43.2 Å². The summed E-state index contributed by atoms with van der Waals surface area (Å²) in [5, 5.41) is 6.35. The van der Waals surface area contributed by atoms with Gasteiger partial charge >= 0.3 is 12.1 Å². The maximum Gasteiger partial charge on any atom is 0.408 e. The van der Waals surface area contributed by atoms with Gasteiger partial charge in [-0.15, -0.1) is 0 Å². The molecule has 1 saturated carbocycles. The van der Waals surface area contributed by atoms with Crippen molar-refractivity contribution in [3.05, 3.63) is 35.9 Å². The molecule has 1 aromatic rings. The molecule has 0 spiro atoms. The van der Waals surface area contributed by atoms with Crippen LogP contribution in [0.2, 0.25) is 0 Å². The van der Waals surface area contributed by atoms with E-state index < -0.39 is 17.2 Å². The maximum absolute atomic E-state index is 12.3. The topological polar surface area (TPSA) is 76.7 Å². The summed E-state index contributed by atoms with van der Waals surface area (Å²) in [5.41, 5.74) is -0.145. The van der Waals surface area contributed by atoms with Gasteiger partial charge in [0.15, 0.2) is 0 Å². The zero-order chi connectivity index (χ0) is 19.9. The fourth-order valence-electron chi connectivity index (χ4n) is 3.54. The van der Waals surface area contributed by atoms with Crippen molar-refractivity contribution >= 4 is 12.1 Å². The smallest absolute Gasteiger partial charge is 0.408 e. The van der Waals surface area contributed by atoms with Crippen LogP contribution in [0.4, 0.5) is 4.79 Å². The first-order valence-electron chi connectivity index (χ1n) is 9.64. The maximum atomic E-state index is 12.3. The molecule has 0 aliphatic heterocycles. The monoisotopic (exact) mass is 376 g/mol. The van der Waals surface area contributed by atoms with E-state index in [4.69, 9.17) is 9.47 Å². The number of benzene rings is 1. The van der Waals surface area contributed by atoms with Gasteiger partial charge in [-0.2, -0.15) is 0 Å². The lowest BCUT2D eigenvalue weighted by atomic mass is 9.96. The van der Waals surface area contributed by atoms with Crippen LogP contribution in [0.1, 0.15) is 64.5 Å². The SMILES string of the molecule is COC(=O)C1(NCC[C@H](NC(=O)OC(C)(C)C)c2ccccc2)CCCC1. The summed E-state index contributed by atoms with van der Waals surface area (Å²) < 4.78 is 10.4. The Balaban J connectivity index is 2.02. The molecule has 0 unspecified atom stereocenters. The molecule has 0 aromatic heterocycles. The second-order valence-electron chi connectivity index (χ2n) is 8.11. The Bertz CT molecular complexity index is 619. The van der Waals surface area contributed by atoms with Crippen molar-refractivity contribution in [1.29, 1.82) is 0 Å². The standard InChI is InChI=1S/C21H32N2O4/c1-20(2,3)27-19(25)23-17(16-10-6-5-7-11-16)12-15-22-21(18(24)26-4)13-8-9-14-21/h5-7,10-11,17,22H,8-9,12-15H2,1-4H3,(H,23,25)/t17-/m0/s1. The van der Waals surface area contributed by atoms with Crippen LogP contribution in [-0.4, -0.2) is 36.9 Å². The van der Waals surface area contributed by atoms with Crippen LogP contribution >= 0.6 is 0 Å². The minimum atomic E-state index is -0.595. The van der Waals surface area contributed by atoms with Gasteiger partial charge in [-0.05, 0) is 52.1 Å². The second-order valence-corrected chi connectivity index (χ2v) is 8.11. The number of carbonyl (C=O) groups is 2. The van der Waals surface area contributed by atoms with Gasteiger partial charge in [0.25, 0.3) is 0 Å². The number of ether oxygens (including phenoxy) is 2. The Hall–Kier alpha value is -2.08. The number of hydrogen-bond acceptors (Lipinski definition) is 5. The fraction of sp³-hybridized carbons (Fsp3) is 0.619. The van der Waals surface area contributed by atoms with E-state index in [0.717, 1.165) is 31.2 Å². The largest absolute Gasteiger partial charge is 0.468 e. The molecule has 6 nitrogen and oxygen atoms in total. The molecule has 1 aliphatic rings. The van der Waals surface area contributed by atoms with Crippen molar-refractivity contribution in [3.8, 4) is 0 Å². The molecule has 2 N–H and O–H groups in total. The zero-order valence-electron chi connectivity index (χ0n) is 16.8. The molecule has 0 radical (unpaired) electrons. The van der Waals surface area contributed by atoms with Crippen LogP contribution in [0.5, 0.6) is 0 Å². The van der Waals surface area contributed by atoms with Crippen LogP contribution in [0.15, 0.2) is 30.3 Å². The summed E-state index contributed by atoms with van der Waals surface area (Å²) >= 11 is 0. The molecule has 6 heteroatoms. The Morgan fingerprint density at radius 3 is 2.33 bits per heavy atom. The predicted octanol–water partition coefficient (Wildman–Crippen LogP) is 3.72. The lowest BCUT2D eigenvalue weighted by Crippen LogP contribution is -2.51. The van der Waals surface area contributed by atoms with Crippen molar-refractivity contribution in [2.75, 3.05) is 13.7 Å². The zero-order valence-corrected chi connectivity index (χ0v) is 16.8. The molecule has 150 valence electrons. The van der Waals surface area contributed by atoms with Crippen molar-refractivity contribution in [1.82, 2.24) is 10.6 Å². The van der Waals surface area contributed by atoms with Gasteiger partial charge < -0.3 is 20.1 Å². The highest BCUT2D eigenvalue weighted by Crippen LogP contribution is 2.31. The molecular weight excluding hydrogens is 344 g/mol. The summed E-state index contributed by atoms with van der Waals surface area (Å²) in [6, 6.07) is 9.58. The van der Waals surface area contributed by atoms with Crippen LogP contribution in [0.3, 0.4) is 0 Å². The molecule has 1 amide bonds. The Morgan fingerprint density at radius 1 is 1.15 bits per heavy atom. The highest BCUT2D eigenvalue weighted by molar-refractivity contribution is 5.81. The highest BCUT2D eigenvalue weighted by atomic mass is 16.6. The molecule has 1 aliphatic carbocycles.